The highest BCUT2D eigenvalue weighted by Gasteiger charge is 2.50. The molecule has 4 rings (SSSR count). The number of ether oxygens (including phenoxy) is 3. The van der Waals surface area contributed by atoms with E-state index in [-0.39, 0.29) is 12.5 Å². The van der Waals surface area contributed by atoms with Gasteiger partial charge in [-0.25, -0.2) is 0 Å². The summed E-state index contributed by atoms with van der Waals surface area (Å²) in [6, 6.07) is 16.2. The van der Waals surface area contributed by atoms with E-state index in [0.717, 1.165) is 5.56 Å². The SMILES string of the molecule is CC(=O)O[C@H]1[C@H](N2CC(OCc3ccccc3)=CC2=O)c2cc(C#N)ccc2OC1(C)C. The van der Waals surface area contributed by atoms with Crippen LogP contribution in [0.4, 0.5) is 0 Å². The summed E-state index contributed by atoms with van der Waals surface area (Å²) in [5, 5.41) is 9.39. The summed E-state index contributed by atoms with van der Waals surface area (Å²) < 4.78 is 17.7. The molecule has 2 aliphatic rings. The summed E-state index contributed by atoms with van der Waals surface area (Å²) in [6.45, 7) is 5.52. The van der Waals surface area contributed by atoms with Crippen molar-refractivity contribution in [3.63, 3.8) is 0 Å². The molecule has 164 valence electrons. The van der Waals surface area contributed by atoms with E-state index in [2.05, 4.69) is 6.07 Å². The summed E-state index contributed by atoms with van der Waals surface area (Å²) >= 11 is 0. The fourth-order valence-electron chi connectivity index (χ4n) is 4.13. The molecule has 2 aromatic rings. The van der Waals surface area contributed by atoms with Crippen LogP contribution in [0.15, 0.2) is 60.4 Å². The van der Waals surface area contributed by atoms with Crippen LogP contribution in [0.5, 0.6) is 5.75 Å². The predicted molar refractivity (Wildman–Crippen MR) is 115 cm³/mol. The predicted octanol–water partition coefficient (Wildman–Crippen LogP) is 3.64. The van der Waals surface area contributed by atoms with Crippen molar-refractivity contribution >= 4 is 11.9 Å². The van der Waals surface area contributed by atoms with E-state index in [1.807, 2.05) is 44.2 Å². The van der Waals surface area contributed by atoms with E-state index in [1.54, 1.807) is 23.1 Å². The molecule has 32 heavy (non-hydrogen) atoms. The van der Waals surface area contributed by atoms with Crippen LogP contribution in [-0.2, 0) is 25.7 Å². The molecule has 2 aliphatic heterocycles. The molecule has 0 spiro atoms. The van der Waals surface area contributed by atoms with Crippen molar-refractivity contribution in [3.05, 3.63) is 77.1 Å². The lowest BCUT2D eigenvalue weighted by Gasteiger charge is -2.46. The second-order valence-corrected chi connectivity index (χ2v) is 8.40. The molecule has 1 amide bonds. The average molecular weight is 432 g/mol. The highest BCUT2D eigenvalue weighted by molar-refractivity contribution is 5.91. The zero-order valence-corrected chi connectivity index (χ0v) is 18.2. The Balaban J connectivity index is 1.65. The van der Waals surface area contributed by atoms with Crippen LogP contribution in [0, 0.1) is 11.3 Å². The van der Waals surface area contributed by atoms with Gasteiger partial charge in [0.05, 0.1) is 18.2 Å². The second-order valence-electron chi connectivity index (χ2n) is 8.40. The fraction of sp³-hybridized carbons (Fsp3) is 0.320. The van der Waals surface area contributed by atoms with Crippen LogP contribution in [0.25, 0.3) is 0 Å². The normalized spacial score (nSPS) is 21.1. The Hall–Kier alpha value is -3.79. The lowest BCUT2D eigenvalue weighted by molar-refractivity contribution is -0.171. The van der Waals surface area contributed by atoms with Crippen LogP contribution in [0.2, 0.25) is 0 Å². The summed E-state index contributed by atoms with van der Waals surface area (Å²) in [7, 11) is 0. The third kappa shape index (κ3) is 4.17. The third-order valence-electron chi connectivity index (χ3n) is 5.59. The van der Waals surface area contributed by atoms with E-state index in [1.165, 1.54) is 13.0 Å². The van der Waals surface area contributed by atoms with Crippen LogP contribution in [0.3, 0.4) is 0 Å². The maximum Gasteiger partial charge on any atom is 0.303 e. The van der Waals surface area contributed by atoms with Gasteiger partial charge in [0.15, 0.2) is 6.10 Å². The Kier molecular flexibility index (Phi) is 5.62. The molecule has 0 aromatic heterocycles. The minimum Gasteiger partial charge on any atom is -0.491 e. The number of amides is 1. The third-order valence-corrected chi connectivity index (χ3v) is 5.59. The number of nitriles is 1. The van der Waals surface area contributed by atoms with Gasteiger partial charge >= 0.3 is 5.97 Å². The van der Waals surface area contributed by atoms with Gasteiger partial charge in [-0.15, -0.1) is 0 Å². The molecule has 2 aromatic carbocycles. The van der Waals surface area contributed by atoms with Crippen LogP contribution in [0.1, 0.15) is 43.5 Å². The minimum atomic E-state index is -0.897. The largest absolute Gasteiger partial charge is 0.491 e. The van der Waals surface area contributed by atoms with Crippen molar-refractivity contribution in [2.45, 2.75) is 45.1 Å². The van der Waals surface area contributed by atoms with Crippen molar-refractivity contribution in [1.29, 1.82) is 5.26 Å². The first-order chi connectivity index (χ1) is 15.3. The fourth-order valence-corrected chi connectivity index (χ4v) is 4.13. The molecule has 7 heteroatoms. The number of carbonyl (C=O) groups is 2. The molecular formula is C25H24N2O5. The van der Waals surface area contributed by atoms with Crippen LogP contribution < -0.4 is 4.74 Å². The molecular weight excluding hydrogens is 408 g/mol. The standard InChI is InChI=1S/C25H24N2O5/c1-16(28)31-24-23(20-11-18(13-26)9-10-21(20)32-25(24,2)3)27-14-19(12-22(27)29)30-15-17-7-5-4-6-8-17/h4-12,23-24H,14-15H2,1-3H3/t23-,24+/m1/s1. The first kappa shape index (κ1) is 21.4. The Morgan fingerprint density at radius 3 is 2.69 bits per heavy atom. The summed E-state index contributed by atoms with van der Waals surface area (Å²) in [6.07, 6.45) is 0.691. The van der Waals surface area contributed by atoms with Gasteiger partial charge in [-0.05, 0) is 37.6 Å². The summed E-state index contributed by atoms with van der Waals surface area (Å²) in [5.41, 5.74) is 1.15. The molecule has 0 unspecified atom stereocenters. The maximum atomic E-state index is 13.0. The number of fused-ring (bicyclic) bond motifs is 1. The first-order valence-electron chi connectivity index (χ1n) is 10.4. The van der Waals surface area contributed by atoms with E-state index in [0.29, 0.717) is 29.2 Å². The van der Waals surface area contributed by atoms with Gasteiger partial charge in [0.2, 0.25) is 0 Å². The highest BCUT2D eigenvalue weighted by Crippen LogP contribution is 2.45. The van der Waals surface area contributed by atoms with Crippen molar-refractivity contribution in [2.75, 3.05) is 6.54 Å². The zero-order chi connectivity index (χ0) is 22.9. The lowest BCUT2D eigenvalue weighted by Crippen LogP contribution is -2.55. The van der Waals surface area contributed by atoms with E-state index in [9.17, 15) is 14.9 Å². The number of hydrogen-bond donors (Lipinski definition) is 0. The molecule has 0 fully saturated rings. The first-order valence-corrected chi connectivity index (χ1v) is 10.4. The molecule has 7 nitrogen and oxygen atoms in total. The van der Waals surface area contributed by atoms with Gasteiger partial charge in [-0.2, -0.15) is 5.26 Å². The van der Waals surface area contributed by atoms with Gasteiger partial charge in [0.25, 0.3) is 5.91 Å². The number of benzene rings is 2. The second kappa shape index (κ2) is 8.39. The molecule has 2 heterocycles. The van der Waals surface area contributed by atoms with E-state index in [4.69, 9.17) is 14.2 Å². The zero-order valence-electron chi connectivity index (χ0n) is 18.2. The Bertz CT molecular complexity index is 1120. The van der Waals surface area contributed by atoms with Crippen molar-refractivity contribution in [2.24, 2.45) is 0 Å². The van der Waals surface area contributed by atoms with E-state index >= 15 is 0 Å². The Morgan fingerprint density at radius 2 is 2.00 bits per heavy atom. The Labute approximate surface area is 186 Å². The number of nitrogens with zero attached hydrogens (tertiary/aromatic N) is 2. The molecule has 0 saturated heterocycles. The molecule has 0 bridgehead atoms. The van der Waals surface area contributed by atoms with Gasteiger partial charge in [0, 0.05) is 18.6 Å². The highest BCUT2D eigenvalue weighted by atomic mass is 16.6. The van der Waals surface area contributed by atoms with Gasteiger partial charge in [-0.1, -0.05) is 30.3 Å². The quantitative estimate of drug-likeness (QED) is 0.670. The van der Waals surface area contributed by atoms with Crippen molar-refractivity contribution in [3.8, 4) is 11.8 Å². The van der Waals surface area contributed by atoms with Crippen molar-refractivity contribution < 1.29 is 23.8 Å². The van der Waals surface area contributed by atoms with Gasteiger partial charge in [-0.3, -0.25) is 9.59 Å². The molecule has 0 N–H and O–H groups in total. The molecule has 2 atom stereocenters. The monoisotopic (exact) mass is 432 g/mol. The number of rotatable bonds is 5. The molecule has 0 saturated carbocycles. The minimum absolute atomic E-state index is 0.223. The van der Waals surface area contributed by atoms with Gasteiger partial charge < -0.3 is 19.1 Å². The van der Waals surface area contributed by atoms with E-state index < -0.39 is 23.7 Å². The van der Waals surface area contributed by atoms with Crippen LogP contribution >= 0.6 is 0 Å². The number of carbonyl (C=O) groups excluding carboxylic acids is 2. The maximum absolute atomic E-state index is 13.0. The molecule has 0 aliphatic carbocycles. The number of esters is 1. The van der Waals surface area contributed by atoms with Crippen LogP contribution in [-0.4, -0.2) is 35.0 Å². The summed E-state index contributed by atoms with van der Waals surface area (Å²) in [4.78, 5) is 26.6. The summed E-state index contributed by atoms with van der Waals surface area (Å²) in [5.74, 6) is 0.356. The average Bonchev–Trinajstić information content (AvgIpc) is 3.13. The lowest BCUT2D eigenvalue weighted by atomic mass is 9.84. The van der Waals surface area contributed by atoms with Gasteiger partial charge in [0.1, 0.15) is 29.8 Å². The van der Waals surface area contributed by atoms with Crippen molar-refractivity contribution in [1.82, 2.24) is 4.90 Å². The molecule has 0 radical (unpaired) electrons. The Morgan fingerprint density at radius 1 is 1.25 bits per heavy atom. The smallest absolute Gasteiger partial charge is 0.303 e. The number of hydrogen-bond acceptors (Lipinski definition) is 6. The topological polar surface area (TPSA) is 88.9 Å².